The highest BCUT2D eigenvalue weighted by Gasteiger charge is 1.97. The first kappa shape index (κ1) is 6.62. The van der Waals surface area contributed by atoms with E-state index >= 15 is 0 Å². The minimum Gasteiger partial charge on any atom is -0.221 e. The third-order valence-electron chi connectivity index (χ3n) is 1.19. The van der Waals surface area contributed by atoms with Crippen LogP contribution < -0.4 is 0 Å². The van der Waals surface area contributed by atoms with Gasteiger partial charge in [0.25, 0.3) is 5.82 Å². The molecule has 0 N–H and O–H groups in total. The molecule has 0 spiro atoms. The van der Waals surface area contributed by atoms with Crippen LogP contribution in [0, 0.1) is 25.2 Å². The molecule has 0 fully saturated rings. The van der Waals surface area contributed by atoms with Crippen molar-refractivity contribution in [2.75, 3.05) is 0 Å². The first-order chi connectivity index (χ1) is 4.74. The first-order valence-corrected chi connectivity index (χ1v) is 2.82. The monoisotopic (exact) mass is 134 g/mol. The summed E-state index contributed by atoms with van der Waals surface area (Å²) in [6.45, 7) is 3.60. The van der Waals surface area contributed by atoms with Gasteiger partial charge < -0.3 is 0 Å². The molecule has 4 nitrogen and oxygen atoms in total. The van der Waals surface area contributed by atoms with E-state index in [0.29, 0.717) is 0 Å². The molecule has 0 aliphatic rings. The predicted molar refractivity (Wildman–Crippen MR) is 34.0 cm³/mol. The van der Waals surface area contributed by atoms with Crippen molar-refractivity contribution in [2.45, 2.75) is 13.8 Å². The molecular weight excluding hydrogens is 128 g/mol. The van der Waals surface area contributed by atoms with Gasteiger partial charge in [-0.1, -0.05) is 0 Å². The van der Waals surface area contributed by atoms with E-state index in [9.17, 15) is 0 Å². The fourth-order valence-electron chi connectivity index (χ4n) is 0.504. The van der Waals surface area contributed by atoms with E-state index in [0.717, 1.165) is 11.4 Å². The topological polar surface area (TPSA) is 62.5 Å². The van der Waals surface area contributed by atoms with Gasteiger partial charge in [0.15, 0.2) is 0 Å². The van der Waals surface area contributed by atoms with Crippen molar-refractivity contribution in [1.82, 2.24) is 15.2 Å². The number of aryl methyl sites for hydroxylation is 2. The van der Waals surface area contributed by atoms with Crippen LogP contribution in [-0.2, 0) is 0 Å². The number of hydrogen-bond acceptors (Lipinski definition) is 4. The molecule has 0 aliphatic carbocycles. The molecule has 0 aliphatic heterocycles. The molecule has 0 bridgehead atoms. The van der Waals surface area contributed by atoms with Gasteiger partial charge in [0.2, 0.25) is 0 Å². The lowest BCUT2D eigenvalue weighted by molar-refractivity contribution is 0.875. The second kappa shape index (κ2) is 2.40. The second-order valence-electron chi connectivity index (χ2n) is 1.92. The molecular formula is C6H6N4. The molecule has 50 valence electrons. The zero-order chi connectivity index (χ0) is 7.56. The largest absolute Gasteiger partial charge is 0.253 e. The molecule has 1 aromatic heterocycles. The maximum atomic E-state index is 8.34. The molecule has 4 heteroatoms. The van der Waals surface area contributed by atoms with E-state index in [4.69, 9.17) is 5.26 Å². The van der Waals surface area contributed by atoms with Gasteiger partial charge in [0.1, 0.15) is 6.07 Å². The molecule has 0 saturated heterocycles. The summed E-state index contributed by atoms with van der Waals surface area (Å²) in [6, 6.07) is 1.81. The molecule has 0 radical (unpaired) electrons. The van der Waals surface area contributed by atoms with Gasteiger partial charge in [0, 0.05) is 0 Å². The minimum absolute atomic E-state index is 0.128. The van der Waals surface area contributed by atoms with E-state index in [1.54, 1.807) is 13.8 Å². The van der Waals surface area contributed by atoms with Crippen molar-refractivity contribution in [1.29, 1.82) is 5.26 Å². The Morgan fingerprint density at radius 2 is 1.90 bits per heavy atom. The van der Waals surface area contributed by atoms with Crippen molar-refractivity contribution >= 4 is 0 Å². The van der Waals surface area contributed by atoms with Gasteiger partial charge in [-0.25, -0.2) is 4.98 Å². The molecule has 0 amide bonds. The lowest BCUT2D eigenvalue weighted by Crippen LogP contribution is -1.98. The summed E-state index contributed by atoms with van der Waals surface area (Å²) in [7, 11) is 0. The van der Waals surface area contributed by atoms with Gasteiger partial charge >= 0.3 is 0 Å². The lowest BCUT2D eigenvalue weighted by atomic mass is 10.4. The van der Waals surface area contributed by atoms with E-state index < -0.39 is 0 Å². The molecule has 0 unspecified atom stereocenters. The van der Waals surface area contributed by atoms with Gasteiger partial charge in [-0.15, -0.1) is 5.10 Å². The van der Waals surface area contributed by atoms with Crippen LogP contribution in [0.3, 0.4) is 0 Å². The van der Waals surface area contributed by atoms with Crippen molar-refractivity contribution in [2.24, 2.45) is 0 Å². The molecule has 0 atom stereocenters. The van der Waals surface area contributed by atoms with E-state index in [1.165, 1.54) is 0 Å². The maximum Gasteiger partial charge on any atom is 0.253 e. The summed E-state index contributed by atoms with van der Waals surface area (Å²) in [4.78, 5) is 3.86. The lowest BCUT2D eigenvalue weighted by Gasteiger charge is -1.93. The summed E-state index contributed by atoms with van der Waals surface area (Å²) < 4.78 is 0. The van der Waals surface area contributed by atoms with Crippen LogP contribution in [-0.4, -0.2) is 15.2 Å². The molecule has 10 heavy (non-hydrogen) atoms. The van der Waals surface area contributed by atoms with Crippen LogP contribution in [0.25, 0.3) is 0 Å². The van der Waals surface area contributed by atoms with Crippen molar-refractivity contribution in [3.05, 3.63) is 17.2 Å². The van der Waals surface area contributed by atoms with Gasteiger partial charge in [-0.05, 0) is 13.8 Å². The predicted octanol–water partition coefficient (Wildman–Crippen LogP) is 0.360. The highest BCUT2D eigenvalue weighted by molar-refractivity contribution is 5.12. The number of rotatable bonds is 0. The van der Waals surface area contributed by atoms with Crippen LogP contribution in [0.2, 0.25) is 0 Å². The Bertz CT molecular complexity index is 286. The molecule has 1 rings (SSSR count). The zero-order valence-electron chi connectivity index (χ0n) is 5.79. The molecule has 1 heterocycles. The smallest absolute Gasteiger partial charge is 0.221 e. The Morgan fingerprint density at radius 1 is 1.20 bits per heavy atom. The summed E-state index contributed by atoms with van der Waals surface area (Å²) in [5, 5.41) is 15.6. The SMILES string of the molecule is Cc1nnc(C#N)nc1C. The van der Waals surface area contributed by atoms with Crippen molar-refractivity contribution in [3.63, 3.8) is 0 Å². The van der Waals surface area contributed by atoms with Gasteiger partial charge in [0.05, 0.1) is 11.4 Å². The van der Waals surface area contributed by atoms with E-state index in [1.807, 2.05) is 6.07 Å². The van der Waals surface area contributed by atoms with Crippen LogP contribution >= 0.6 is 0 Å². The summed E-state index contributed by atoms with van der Waals surface area (Å²) in [5.74, 6) is 0.128. The highest BCUT2D eigenvalue weighted by atomic mass is 15.2. The quantitative estimate of drug-likeness (QED) is 0.514. The summed E-state index contributed by atoms with van der Waals surface area (Å²) >= 11 is 0. The van der Waals surface area contributed by atoms with Crippen LogP contribution in [0.4, 0.5) is 0 Å². The second-order valence-corrected chi connectivity index (χ2v) is 1.92. The molecule has 0 aromatic carbocycles. The molecule has 0 saturated carbocycles. The van der Waals surface area contributed by atoms with Gasteiger partial charge in [-0.3, -0.25) is 0 Å². The normalized spacial score (nSPS) is 8.90. The minimum atomic E-state index is 0.128. The maximum absolute atomic E-state index is 8.34. The number of aromatic nitrogens is 3. The van der Waals surface area contributed by atoms with E-state index in [2.05, 4.69) is 15.2 Å². The Hall–Kier alpha value is -1.50. The fourth-order valence-corrected chi connectivity index (χ4v) is 0.504. The summed E-state index contributed by atoms with van der Waals surface area (Å²) in [5.41, 5.74) is 1.52. The Labute approximate surface area is 58.5 Å². The highest BCUT2D eigenvalue weighted by Crippen LogP contribution is 1.95. The number of nitriles is 1. The third kappa shape index (κ3) is 1.08. The molecule has 1 aromatic rings. The Morgan fingerprint density at radius 3 is 2.40 bits per heavy atom. The Balaban J connectivity index is 3.20. The average Bonchev–Trinajstić information content (AvgIpc) is 1.95. The summed E-state index contributed by atoms with van der Waals surface area (Å²) in [6.07, 6.45) is 0. The average molecular weight is 134 g/mol. The number of nitrogens with zero attached hydrogens (tertiary/aromatic N) is 4. The van der Waals surface area contributed by atoms with Crippen LogP contribution in [0.5, 0.6) is 0 Å². The van der Waals surface area contributed by atoms with Crippen LogP contribution in [0.1, 0.15) is 17.2 Å². The fraction of sp³-hybridized carbons (Fsp3) is 0.333. The number of hydrogen-bond donors (Lipinski definition) is 0. The zero-order valence-corrected chi connectivity index (χ0v) is 5.79. The van der Waals surface area contributed by atoms with Gasteiger partial charge in [-0.2, -0.15) is 10.4 Å². The van der Waals surface area contributed by atoms with Crippen molar-refractivity contribution in [3.8, 4) is 6.07 Å². The van der Waals surface area contributed by atoms with E-state index in [-0.39, 0.29) is 5.82 Å². The van der Waals surface area contributed by atoms with Crippen molar-refractivity contribution < 1.29 is 0 Å². The third-order valence-corrected chi connectivity index (χ3v) is 1.19. The Kier molecular flexibility index (Phi) is 1.59. The standard InChI is InChI=1S/C6H6N4/c1-4-5(2)9-10-6(3-7)8-4/h1-2H3. The van der Waals surface area contributed by atoms with Crippen LogP contribution in [0.15, 0.2) is 0 Å². The first-order valence-electron chi connectivity index (χ1n) is 2.82.